The predicted octanol–water partition coefficient (Wildman–Crippen LogP) is 0.690. The number of benzene rings is 2. The van der Waals surface area contributed by atoms with E-state index < -0.39 is 6.04 Å². The lowest BCUT2D eigenvalue weighted by atomic mass is 10.0. The Morgan fingerprint density at radius 1 is 1.12 bits per heavy atom. The molecule has 1 saturated heterocycles. The maximum absolute atomic E-state index is 12.9. The third kappa shape index (κ3) is 3.81. The number of hydrogen-bond donors (Lipinski definition) is 3. The van der Waals surface area contributed by atoms with Crippen molar-refractivity contribution in [3.63, 3.8) is 0 Å². The number of nitrogens with one attached hydrogen (secondary N) is 3. The molecule has 0 spiro atoms. The van der Waals surface area contributed by atoms with E-state index in [1.54, 1.807) is 0 Å². The molecule has 2 aromatic carbocycles. The van der Waals surface area contributed by atoms with Crippen molar-refractivity contribution in [1.29, 1.82) is 0 Å². The zero-order valence-electron chi connectivity index (χ0n) is 13.7. The molecule has 2 amide bonds. The summed E-state index contributed by atoms with van der Waals surface area (Å²) in [5, 5.41) is 5.81. The van der Waals surface area contributed by atoms with E-state index in [0.29, 0.717) is 13.1 Å². The lowest BCUT2D eigenvalue weighted by Crippen LogP contribution is -3.16. The van der Waals surface area contributed by atoms with E-state index >= 15 is 0 Å². The summed E-state index contributed by atoms with van der Waals surface area (Å²) in [5.41, 5.74) is 2.84. The summed E-state index contributed by atoms with van der Waals surface area (Å²) in [6.45, 7) is 3.64. The van der Waals surface area contributed by atoms with E-state index in [9.17, 15) is 9.59 Å². The van der Waals surface area contributed by atoms with Crippen LogP contribution in [-0.4, -0.2) is 31.4 Å². The molecular formula is C19H22N3O2+. The first-order chi connectivity index (χ1) is 11.6. The number of piperazine rings is 1. The van der Waals surface area contributed by atoms with Gasteiger partial charge in [-0.3, -0.25) is 9.59 Å². The second kappa shape index (κ2) is 7.27. The fourth-order valence-electron chi connectivity index (χ4n) is 3.04. The molecule has 0 bridgehead atoms. The molecule has 2 atom stereocenters. The summed E-state index contributed by atoms with van der Waals surface area (Å²) < 4.78 is 0. The SMILES string of the molecule is Cc1ccc(NC(=O)[C@H](c2ccccc2)[NH+]2CCNC(=O)C2)cc1. The smallest absolute Gasteiger partial charge is 0.287 e. The topological polar surface area (TPSA) is 62.6 Å². The minimum Gasteiger partial charge on any atom is -0.346 e. The van der Waals surface area contributed by atoms with Crippen molar-refractivity contribution >= 4 is 17.5 Å². The molecule has 5 heteroatoms. The molecule has 3 N–H and O–H groups in total. The molecule has 1 heterocycles. The highest BCUT2D eigenvalue weighted by molar-refractivity contribution is 5.94. The second-order valence-electron chi connectivity index (χ2n) is 6.13. The average molecular weight is 324 g/mol. The van der Waals surface area contributed by atoms with Crippen molar-refractivity contribution < 1.29 is 14.5 Å². The van der Waals surface area contributed by atoms with Gasteiger partial charge >= 0.3 is 0 Å². The summed E-state index contributed by atoms with van der Waals surface area (Å²) >= 11 is 0. The van der Waals surface area contributed by atoms with Crippen molar-refractivity contribution in [3.8, 4) is 0 Å². The van der Waals surface area contributed by atoms with Crippen LogP contribution in [0.5, 0.6) is 0 Å². The van der Waals surface area contributed by atoms with Crippen LogP contribution in [0.4, 0.5) is 5.69 Å². The van der Waals surface area contributed by atoms with Gasteiger partial charge in [0.15, 0.2) is 12.6 Å². The minimum atomic E-state index is -0.404. The van der Waals surface area contributed by atoms with Crippen LogP contribution in [0.25, 0.3) is 0 Å². The lowest BCUT2D eigenvalue weighted by Gasteiger charge is -2.30. The maximum Gasteiger partial charge on any atom is 0.287 e. The number of anilines is 1. The van der Waals surface area contributed by atoms with Crippen LogP contribution in [0.3, 0.4) is 0 Å². The normalized spacial score (nSPS) is 18.5. The van der Waals surface area contributed by atoms with Crippen LogP contribution in [0.15, 0.2) is 54.6 Å². The minimum absolute atomic E-state index is 0.0136. The quantitative estimate of drug-likeness (QED) is 0.775. The molecule has 1 fully saturated rings. The number of hydrogen-bond acceptors (Lipinski definition) is 2. The Hall–Kier alpha value is -2.66. The van der Waals surface area contributed by atoms with Crippen LogP contribution in [0, 0.1) is 6.92 Å². The van der Waals surface area contributed by atoms with Gasteiger partial charge in [0.2, 0.25) is 0 Å². The summed E-state index contributed by atoms with van der Waals surface area (Å²) in [7, 11) is 0. The van der Waals surface area contributed by atoms with Gasteiger partial charge in [-0.2, -0.15) is 0 Å². The van der Waals surface area contributed by atoms with Gasteiger partial charge in [-0.25, -0.2) is 0 Å². The highest BCUT2D eigenvalue weighted by Crippen LogP contribution is 2.14. The van der Waals surface area contributed by atoms with E-state index in [1.165, 1.54) is 0 Å². The van der Waals surface area contributed by atoms with Gasteiger partial charge in [0.25, 0.3) is 11.8 Å². The average Bonchev–Trinajstić information content (AvgIpc) is 2.58. The highest BCUT2D eigenvalue weighted by Gasteiger charge is 2.34. The molecule has 5 nitrogen and oxygen atoms in total. The zero-order chi connectivity index (χ0) is 16.9. The van der Waals surface area contributed by atoms with Crippen LogP contribution in [0.2, 0.25) is 0 Å². The van der Waals surface area contributed by atoms with Gasteiger partial charge in [0.05, 0.1) is 13.1 Å². The molecule has 1 aliphatic rings. The zero-order valence-corrected chi connectivity index (χ0v) is 13.7. The Bertz CT molecular complexity index is 713. The fraction of sp³-hybridized carbons (Fsp3) is 0.263. The van der Waals surface area contributed by atoms with E-state index in [1.807, 2.05) is 61.5 Å². The van der Waals surface area contributed by atoms with Gasteiger partial charge < -0.3 is 15.5 Å². The number of quaternary nitrogens is 1. The highest BCUT2D eigenvalue weighted by atomic mass is 16.2. The maximum atomic E-state index is 12.9. The Labute approximate surface area is 141 Å². The molecule has 0 radical (unpaired) electrons. The Kier molecular flexibility index (Phi) is 4.91. The first-order valence-electron chi connectivity index (χ1n) is 8.17. The molecule has 0 aromatic heterocycles. The molecule has 1 aliphatic heterocycles. The Morgan fingerprint density at radius 3 is 2.50 bits per heavy atom. The van der Waals surface area contributed by atoms with E-state index in [2.05, 4.69) is 10.6 Å². The molecule has 24 heavy (non-hydrogen) atoms. The summed E-state index contributed by atoms with van der Waals surface area (Å²) in [4.78, 5) is 25.7. The van der Waals surface area contributed by atoms with Crippen LogP contribution >= 0.6 is 0 Å². The van der Waals surface area contributed by atoms with Crippen molar-refractivity contribution in [3.05, 3.63) is 65.7 Å². The van der Waals surface area contributed by atoms with Gasteiger partial charge in [-0.15, -0.1) is 0 Å². The number of amides is 2. The molecule has 0 saturated carbocycles. The number of carbonyl (C=O) groups is 2. The molecular weight excluding hydrogens is 302 g/mol. The van der Waals surface area contributed by atoms with E-state index in [0.717, 1.165) is 28.3 Å². The third-order valence-electron chi connectivity index (χ3n) is 4.28. The fourth-order valence-corrected chi connectivity index (χ4v) is 3.04. The largest absolute Gasteiger partial charge is 0.346 e. The molecule has 124 valence electrons. The van der Waals surface area contributed by atoms with Crippen molar-refractivity contribution in [1.82, 2.24) is 5.32 Å². The van der Waals surface area contributed by atoms with Crippen LogP contribution in [-0.2, 0) is 9.59 Å². The Morgan fingerprint density at radius 2 is 1.83 bits per heavy atom. The Balaban J connectivity index is 1.84. The summed E-state index contributed by atoms with van der Waals surface area (Å²) in [6, 6.07) is 17.0. The standard InChI is InChI=1S/C19H21N3O2/c1-14-7-9-16(10-8-14)21-19(24)18(15-5-3-2-4-6-15)22-12-11-20-17(23)13-22/h2-10,18H,11-13H2,1H3,(H,20,23)(H,21,24)/p+1/t18-/m0/s1. The van der Waals surface area contributed by atoms with Gasteiger partial charge in [0.1, 0.15) is 0 Å². The number of rotatable bonds is 4. The molecule has 2 aromatic rings. The number of aryl methyl sites for hydroxylation is 1. The van der Waals surface area contributed by atoms with Crippen LogP contribution in [0.1, 0.15) is 17.2 Å². The summed E-state index contributed by atoms with van der Waals surface area (Å²) in [6.07, 6.45) is 0. The third-order valence-corrected chi connectivity index (χ3v) is 4.28. The van der Waals surface area contributed by atoms with Gasteiger partial charge in [-0.05, 0) is 19.1 Å². The van der Waals surface area contributed by atoms with E-state index in [4.69, 9.17) is 0 Å². The molecule has 1 unspecified atom stereocenters. The van der Waals surface area contributed by atoms with Crippen LogP contribution < -0.4 is 15.5 Å². The van der Waals surface area contributed by atoms with Crippen molar-refractivity contribution in [2.45, 2.75) is 13.0 Å². The van der Waals surface area contributed by atoms with Crippen molar-refractivity contribution in [2.24, 2.45) is 0 Å². The number of carbonyl (C=O) groups excluding carboxylic acids is 2. The monoisotopic (exact) mass is 324 g/mol. The first kappa shape index (κ1) is 16.2. The first-order valence-corrected chi connectivity index (χ1v) is 8.17. The predicted molar refractivity (Wildman–Crippen MR) is 92.7 cm³/mol. The summed E-state index contributed by atoms with van der Waals surface area (Å²) in [5.74, 6) is -0.102. The lowest BCUT2D eigenvalue weighted by molar-refractivity contribution is -0.915. The van der Waals surface area contributed by atoms with E-state index in [-0.39, 0.29) is 11.8 Å². The van der Waals surface area contributed by atoms with Gasteiger partial charge in [-0.1, -0.05) is 48.0 Å². The second-order valence-corrected chi connectivity index (χ2v) is 6.13. The molecule has 0 aliphatic carbocycles. The van der Waals surface area contributed by atoms with Crippen molar-refractivity contribution in [2.75, 3.05) is 25.0 Å². The molecule has 3 rings (SSSR count). The van der Waals surface area contributed by atoms with Gasteiger partial charge in [0, 0.05) is 11.3 Å².